The van der Waals surface area contributed by atoms with Crippen LogP contribution in [0, 0.1) is 5.92 Å². The van der Waals surface area contributed by atoms with Crippen LogP contribution in [0.1, 0.15) is 57.8 Å². The van der Waals surface area contributed by atoms with Crippen LogP contribution in [0.4, 0.5) is 11.5 Å². The van der Waals surface area contributed by atoms with E-state index >= 15 is 0 Å². The zero-order valence-electron chi connectivity index (χ0n) is 16.3. The number of nitrogen functional groups attached to an aromatic ring is 1. The normalized spacial score (nSPS) is 16.7. The first-order valence-electron chi connectivity index (χ1n) is 9.59. The highest BCUT2D eigenvalue weighted by Gasteiger charge is 2.32. The van der Waals surface area contributed by atoms with Gasteiger partial charge in [-0.1, -0.05) is 6.92 Å². The van der Waals surface area contributed by atoms with Gasteiger partial charge < -0.3 is 10.6 Å². The Kier molecular flexibility index (Phi) is 4.49. The van der Waals surface area contributed by atoms with E-state index in [2.05, 4.69) is 17.1 Å². The van der Waals surface area contributed by atoms with Crippen LogP contribution in [0.15, 0.2) is 29.1 Å². The summed E-state index contributed by atoms with van der Waals surface area (Å²) < 4.78 is 1.12. The number of nitrogens with zero attached hydrogens (tertiary/aromatic N) is 2. The van der Waals surface area contributed by atoms with Crippen molar-refractivity contribution in [1.29, 1.82) is 0 Å². The molecule has 0 spiro atoms. The topological polar surface area (TPSA) is 114 Å². The number of fused-ring (bicyclic) bond motifs is 1. The van der Waals surface area contributed by atoms with Crippen molar-refractivity contribution in [2.24, 2.45) is 5.92 Å². The standard InChI is InChI=1S/C21H22N4O4/c1-11-5-7-24(8-6-11)13-3-4-16(14(9-13)12(2)26)25-17(27)10-15-18(19(25)22)21(29)23-20(15)28/h3-4,9-11H,5-8,22H2,1-2H3,(H,23,28,29). The minimum Gasteiger partial charge on any atom is -0.384 e. The molecule has 0 unspecified atom stereocenters. The molecule has 0 atom stereocenters. The summed E-state index contributed by atoms with van der Waals surface area (Å²) in [6.07, 6.45) is 2.16. The molecule has 8 nitrogen and oxygen atoms in total. The summed E-state index contributed by atoms with van der Waals surface area (Å²) >= 11 is 0. The molecule has 3 N–H and O–H groups in total. The minimum absolute atomic E-state index is 0.0433. The van der Waals surface area contributed by atoms with E-state index in [0.717, 1.165) is 42.3 Å². The maximum absolute atomic E-state index is 12.7. The number of carbonyl (C=O) groups is 3. The first kappa shape index (κ1) is 18.9. The average molecular weight is 394 g/mol. The lowest BCUT2D eigenvalue weighted by molar-refractivity contribution is 0.0879. The summed E-state index contributed by atoms with van der Waals surface area (Å²) in [6.45, 7) is 5.46. The monoisotopic (exact) mass is 394 g/mol. The van der Waals surface area contributed by atoms with Crippen molar-refractivity contribution < 1.29 is 14.4 Å². The number of Topliss-reactive ketones (excluding diaryl/α,β-unsaturated/α-hetero) is 1. The molecule has 3 heterocycles. The average Bonchev–Trinajstić information content (AvgIpc) is 2.96. The van der Waals surface area contributed by atoms with Crippen LogP contribution in [0.3, 0.4) is 0 Å². The second-order valence-corrected chi connectivity index (χ2v) is 7.70. The fourth-order valence-electron chi connectivity index (χ4n) is 3.99. The fourth-order valence-corrected chi connectivity index (χ4v) is 3.99. The van der Waals surface area contributed by atoms with Gasteiger partial charge in [0.1, 0.15) is 5.82 Å². The van der Waals surface area contributed by atoms with Crippen molar-refractivity contribution in [3.8, 4) is 5.69 Å². The van der Waals surface area contributed by atoms with Crippen LogP contribution in [-0.4, -0.2) is 35.3 Å². The third-order valence-corrected chi connectivity index (χ3v) is 5.70. The summed E-state index contributed by atoms with van der Waals surface area (Å²) in [5.74, 6) is -1.00. The second kappa shape index (κ2) is 6.88. The molecule has 0 radical (unpaired) electrons. The van der Waals surface area contributed by atoms with Crippen LogP contribution in [0.2, 0.25) is 0 Å². The van der Waals surface area contributed by atoms with Crippen molar-refractivity contribution in [3.05, 3.63) is 51.3 Å². The molecule has 29 heavy (non-hydrogen) atoms. The maximum Gasteiger partial charge on any atom is 0.262 e. The molecule has 4 rings (SSSR count). The molecule has 8 heteroatoms. The van der Waals surface area contributed by atoms with Crippen LogP contribution >= 0.6 is 0 Å². The van der Waals surface area contributed by atoms with Gasteiger partial charge in [-0.2, -0.15) is 0 Å². The second-order valence-electron chi connectivity index (χ2n) is 7.70. The number of ketones is 1. The molecule has 0 saturated carbocycles. The molecule has 150 valence electrons. The summed E-state index contributed by atoms with van der Waals surface area (Å²) in [7, 11) is 0. The van der Waals surface area contributed by atoms with E-state index in [4.69, 9.17) is 5.73 Å². The molecule has 1 fully saturated rings. The Morgan fingerprint density at radius 1 is 1.10 bits per heavy atom. The Morgan fingerprint density at radius 2 is 1.79 bits per heavy atom. The van der Waals surface area contributed by atoms with Gasteiger partial charge in [0.15, 0.2) is 5.78 Å². The summed E-state index contributed by atoms with van der Waals surface area (Å²) in [5, 5.41) is 2.14. The number of piperidine rings is 1. The lowest BCUT2D eigenvalue weighted by Gasteiger charge is -2.32. The van der Waals surface area contributed by atoms with Gasteiger partial charge in [0, 0.05) is 30.4 Å². The number of imide groups is 1. The molecule has 2 aliphatic heterocycles. The highest BCUT2D eigenvalue weighted by atomic mass is 16.2. The fraction of sp³-hybridized carbons (Fsp3) is 0.333. The third kappa shape index (κ3) is 3.10. The molecule has 1 aromatic carbocycles. The number of nitrogens with one attached hydrogen (secondary N) is 1. The van der Waals surface area contributed by atoms with Gasteiger partial charge in [-0.3, -0.25) is 29.1 Å². The van der Waals surface area contributed by atoms with Gasteiger partial charge in [0.2, 0.25) is 0 Å². The van der Waals surface area contributed by atoms with E-state index in [1.807, 2.05) is 6.07 Å². The molecule has 2 aromatic rings. The summed E-state index contributed by atoms with van der Waals surface area (Å²) in [5.41, 5.74) is 6.99. The zero-order chi connectivity index (χ0) is 20.9. The lowest BCUT2D eigenvalue weighted by Crippen LogP contribution is -2.33. The number of hydrogen-bond acceptors (Lipinski definition) is 6. The zero-order valence-corrected chi connectivity index (χ0v) is 16.3. The molecule has 0 aliphatic carbocycles. The molecule has 0 bridgehead atoms. The lowest BCUT2D eigenvalue weighted by atomic mass is 9.98. The number of amides is 2. The van der Waals surface area contributed by atoms with Gasteiger partial charge >= 0.3 is 0 Å². The number of anilines is 2. The van der Waals surface area contributed by atoms with E-state index in [-0.39, 0.29) is 22.7 Å². The van der Waals surface area contributed by atoms with Crippen molar-refractivity contribution >= 4 is 29.1 Å². The van der Waals surface area contributed by atoms with Crippen molar-refractivity contribution in [2.45, 2.75) is 26.7 Å². The molecule has 2 aliphatic rings. The van der Waals surface area contributed by atoms with E-state index in [0.29, 0.717) is 17.2 Å². The smallest absolute Gasteiger partial charge is 0.262 e. The Hall–Kier alpha value is -3.42. The van der Waals surface area contributed by atoms with E-state index < -0.39 is 17.4 Å². The number of rotatable bonds is 3. The van der Waals surface area contributed by atoms with Crippen LogP contribution in [-0.2, 0) is 0 Å². The van der Waals surface area contributed by atoms with Gasteiger partial charge in [-0.15, -0.1) is 0 Å². The first-order chi connectivity index (χ1) is 13.8. The van der Waals surface area contributed by atoms with Crippen molar-refractivity contribution in [1.82, 2.24) is 9.88 Å². The number of benzene rings is 1. The Balaban J connectivity index is 1.85. The van der Waals surface area contributed by atoms with Gasteiger partial charge in [-0.25, -0.2) is 0 Å². The quantitative estimate of drug-likeness (QED) is 0.605. The van der Waals surface area contributed by atoms with Gasteiger partial charge in [0.25, 0.3) is 17.4 Å². The minimum atomic E-state index is -0.653. The van der Waals surface area contributed by atoms with Crippen LogP contribution in [0.5, 0.6) is 0 Å². The predicted molar refractivity (Wildman–Crippen MR) is 109 cm³/mol. The van der Waals surface area contributed by atoms with E-state index in [9.17, 15) is 19.2 Å². The first-order valence-corrected chi connectivity index (χ1v) is 9.59. The van der Waals surface area contributed by atoms with E-state index in [1.165, 1.54) is 6.92 Å². The largest absolute Gasteiger partial charge is 0.384 e. The van der Waals surface area contributed by atoms with Crippen LogP contribution in [0.25, 0.3) is 5.69 Å². The summed E-state index contributed by atoms with van der Waals surface area (Å²) in [4.78, 5) is 51.3. The molecule has 1 saturated heterocycles. The molecular formula is C21H22N4O4. The van der Waals surface area contributed by atoms with Gasteiger partial charge in [-0.05, 0) is 43.9 Å². The predicted octanol–water partition coefficient (Wildman–Crippen LogP) is 1.74. The third-order valence-electron chi connectivity index (χ3n) is 5.70. The maximum atomic E-state index is 12.7. The van der Waals surface area contributed by atoms with Crippen molar-refractivity contribution in [3.63, 3.8) is 0 Å². The molecule has 2 amide bonds. The highest BCUT2D eigenvalue weighted by molar-refractivity contribution is 6.23. The number of nitrogens with two attached hydrogens (primary N) is 1. The Bertz CT molecular complexity index is 1110. The number of hydrogen-bond donors (Lipinski definition) is 2. The molecular weight excluding hydrogens is 372 g/mol. The Morgan fingerprint density at radius 3 is 2.45 bits per heavy atom. The number of aromatic nitrogens is 1. The number of pyridine rings is 1. The molecule has 1 aromatic heterocycles. The van der Waals surface area contributed by atoms with Crippen LogP contribution < -0.4 is 21.5 Å². The van der Waals surface area contributed by atoms with E-state index in [1.54, 1.807) is 12.1 Å². The Labute approximate surface area is 167 Å². The van der Waals surface area contributed by atoms with Crippen molar-refractivity contribution in [2.75, 3.05) is 23.7 Å². The SMILES string of the molecule is CC(=O)c1cc(N2CCC(C)CC2)ccc1-n1c(N)c2c(cc1=O)C(=O)NC2=O. The number of carbonyl (C=O) groups excluding carboxylic acids is 3. The van der Waals surface area contributed by atoms with Gasteiger partial charge in [0.05, 0.1) is 16.8 Å². The summed E-state index contributed by atoms with van der Waals surface area (Å²) in [6, 6.07) is 6.36. The highest BCUT2D eigenvalue weighted by Crippen LogP contribution is 2.29.